The summed E-state index contributed by atoms with van der Waals surface area (Å²) in [6.45, 7) is 2.83. The largest absolute Gasteiger partial charge is 0.480 e. The fraction of sp³-hybridized carbons (Fsp3) is 0.700. The molecular weight excluding hydrogens is 208 g/mol. The summed E-state index contributed by atoms with van der Waals surface area (Å²) < 4.78 is 1.61. The number of likely N-dealkylation sites (N-methyl/N-ethyl adjacent to an activating group) is 1. The van der Waals surface area contributed by atoms with Crippen LogP contribution in [-0.4, -0.2) is 38.4 Å². The van der Waals surface area contributed by atoms with Crippen LogP contribution in [-0.2, 0) is 11.3 Å². The van der Waals surface area contributed by atoms with E-state index in [9.17, 15) is 4.79 Å². The van der Waals surface area contributed by atoms with Crippen LogP contribution < -0.4 is 5.32 Å². The second-order valence-electron chi connectivity index (χ2n) is 4.05. The number of rotatable bonds is 6. The van der Waals surface area contributed by atoms with Gasteiger partial charge in [-0.15, -0.1) is 0 Å². The van der Waals surface area contributed by atoms with Crippen molar-refractivity contribution in [3.8, 4) is 0 Å². The summed E-state index contributed by atoms with van der Waals surface area (Å²) in [5, 5.41) is 16.1. The summed E-state index contributed by atoms with van der Waals surface area (Å²) in [7, 11) is 0. The van der Waals surface area contributed by atoms with Gasteiger partial charge in [0.15, 0.2) is 5.82 Å². The van der Waals surface area contributed by atoms with Gasteiger partial charge in [0.25, 0.3) is 0 Å². The maximum Gasteiger partial charge on any atom is 0.322 e. The first-order valence-corrected chi connectivity index (χ1v) is 5.56. The Balaban J connectivity index is 1.97. The molecule has 1 aliphatic carbocycles. The molecule has 0 radical (unpaired) electrons. The second-order valence-corrected chi connectivity index (χ2v) is 4.05. The molecule has 0 bridgehead atoms. The van der Waals surface area contributed by atoms with Crippen molar-refractivity contribution in [2.45, 2.75) is 38.3 Å². The molecule has 0 saturated heterocycles. The third-order valence-electron chi connectivity index (χ3n) is 2.61. The van der Waals surface area contributed by atoms with Gasteiger partial charge in [0.1, 0.15) is 12.4 Å². The SMILES string of the molecule is CCNC(Cn1cnc(C2CC2)n1)C(=O)O. The first-order valence-electron chi connectivity index (χ1n) is 5.56. The number of nitrogens with one attached hydrogen (secondary N) is 1. The van der Waals surface area contributed by atoms with E-state index in [4.69, 9.17) is 5.11 Å². The van der Waals surface area contributed by atoms with Crippen molar-refractivity contribution in [2.75, 3.05) is 6.54 Å². The molecule has 1 aromatic rings. The Morgan fingerprint density at radius 2 is 2.50 bits per heavy atom. The maximum absolute atomic E-state index is 10.9. The van der Waals surface area contributed by atoms with Gasteiger partial charge < -0.3 is 10.4 Å². The lowest BCUT2D eigenvalue weighted by Gasteiger charge is -2.12. The van der Waals surface area contributed by atoms with E-state index in [1.165, 1.54) is 0 Å². The van der Waals surface area contributed by atoms with Gasteiger partial charge in [0, 0.05) is 5.92 Å². The van der Waals surface area contributed by atoms with Crippen molar-refractivity contribution in [3.05, 3.63) is 12.2 Å². The summed E-state index contributed by atoms with van der Waals surface area (Å²) in [6.07, 6.45) is 3.92. The molecule has 1 saturated carbocycles. The number of aliphatic carboxylic acids is 1. The smallest absolute Gasteiger partial charge is 0.322 e. The molecule has 0 spiro atoms. The van der Waals surface area contributed by atoms with E-state index in [1.54, 1.807) is 11.0 Å². The monoisotopic (exact) mass is 224 g/mol. The highest BCUT2D eigenvalue weighted by atomic mass is 16.4. The molecule has 1 aliphatic rings. The van der Waals surface area contributed by atoms with Gasteiger partial charge in [0.05, 0.1) is 6.54 Å². The first kappa shape index (κ1) is 11.1. The van der Waals surface area contributed by atoms with Crippen LogP contribution in [0.25, 0.3) is 0 Å². The zero-order valence-electron chi connectivity index (χ0n) is 9.26. The number of hydrogen-bond donors (Lipinski definition) is 2. The van der Waals surface area contributed by atoms with Gasteiger partial charge in [-0.05, 0) is 19.4 Å². The molecule has 1 fully saturated rings. The molecular formula is C10H16N4O2. The van der Waals surface area contributed by atoms with Crippen molar-refractivity contribution in [3.63, 3.8) is 0 Å². The lowest BCUT2D eigenvalue weighted by molar-refractivity contribution is -0.139. The van der Waals surface area contributed by atoms with Crippen molar-refractivity contribution in [1.29, 1.82) is 0 Å². The molecule has 0 aliphatic heterocycles. The molecule has 0 amide bonds. The van der Waals surface area contributed by atoms with Crippen molar-refractivity contribution in [1.82, 2.24) is 20.1 Å². The van der Waals surface area contributed by atoms with E-state index in [2.05, 4.69) is 15.4 Å². The highest BCUT2D eigenvalue weighted by Crippen LogP contribution is 2.37. The van der Waals surface area contributed by atoms with Crippen LogP contribution in [0.4, 0.5) is 0 Å². The van der Waals surface area contributed by atoms with Gasteiger partial charge in [-0.2, -0.15) is 5.10 Å². The van der Waals surface area contributed by atoms with Gasteiger partial charge in [-0.3, -0.25) is 9.48 Å². The number of carboxylic acids is 1. The van der Waals surface area contributed by atoms with Gasteiger partial charge >= 0.3 is 5.97 Å². The number of carbonyl (C=O) groups is 1. The fourth-order valence-electron chi connectivity index (χ4n) is 1.59. The third-order valence-corrected chi connectivity index (χ3v) is 2.61. The summed E-state index contributed by atoms with van der Waals surface area (Å²) in [4.78, 5) is 15.1. The molecule has 6 heteroatoms. The molecule has 1 atom stereocenters. The van der Waals surface area contributed by atoms with Gasteiger partial charge in [0.2, 0.25) is 0 Å². The molecule has 6 nitrogen and oxygen atoms in total. The van der Waals surface area contributed by atoms with E-state index in [1.807, 2.05) is 6.92 Å². The number of aromatic nitrogens is 3. The topological polar surface area (TPSA) is 80.0 Å². The van der Waals surface area contributed by atoms with Crippen LogP contribution in [0, 0.1) is 0 Å². The highest BCUT2D eigenvalue weighted by Gasteiger charge is 2.28. The average molecular weight is 224 g/mol. The Bertz CT molecular complexity index is 373. The third kappa shape index (κ3) is 2.57. The predicted molar refractivity (Wildman–Crippen MR) is 57.1 cm³/mol. The van der Waals surface area contributed by atoms with Crippen LogP contribution in [0.3, 0.4) is 0 Å². The Morgan fingerprint density at radius 1 is 1.75 bits per heavy atom. The Morgan fingerprint density at radius 3 is 3.06 bits per heavy atom. The number of nitrogens with zero attached hydrogens (tertiary/aromatic N) is 3. The maximum atomic E-state index is 10.9. The molecule has 1 unspecified atom stereocenters. The minimum Gasteiger partial charge on any atom is -0.480 e. The van der Waals surface area contributed by atoms with E-state index in [0.29, 0.717) is 19.0 Å². The standard InChI is InChI=1S/C10H16N4O2/c1-2-11-8(10(15)16)5-14-6-12-9(13-14)7-3-4-7/h6-8,11H,2-5H2,1H3,(H,15,16). The lowest BCUT2D eigenvalue weighted by Crippen LogP contribution is -2.40. The molecule has 2 rings (SSSR count). The number of hydrogen-bond acceptors (Lipinski definition) is 4. The fourth-order valence-corrected chi connectivity index (χ4v) is 1.59. The molecule has 2 N–H and O–H groups in total. The second kappa shape index (κ2) is 4.61. The lowest BCUT2D eigenvalue weighted by atomic mass is 10.3. The van der Waals surface area contributed by atoms with Crippen molar-refractivity contribution >= 4 is 5.97 Å². The molecule has 0 aromatic carbocycles. The van der Waals surface area contributed by atoms with Crippen LogP contribution >= 0.6 is 0 Å². The van der Waals surface area contributed by atoms with E-state index >= 15 is 0 Å². The Hall–Kier alpha value is -1.43. The van der Waals surface area contributed by atoms with Gasteiger partial charge in [-0.25, -0.2) is 4.98 Å². The molecule has 88 valence electrons. The summed E-state index contributed by atoms with van der Waals surface area (Å²) in [5.41, 5.74) is 0. The Kier molecular flexibility index (Phi) is 3.19. The zero-order valence-corrected chi connectivity index (χ0v) is 9.26. The first-order chi connectivity index (χ1) is 7.70. The van der Waals surface area contributed by atoms with Crippen LogP contribution in [0.2, 0.25) is 0 Å². The minimum absolute atomic E-state index is 0.322. The van der Waals surface area contributed by atoms with Crippen molar-refractivity contribution in [2.24, 2.45) is 0 Å². The van der Waals surface area contributed by atoms with Crippen LogP contribution in [0.15, 0.2) is 6.33 Å². The van der Waals surface area contributed by atoms with Gasteiger partial charge in [-0.1, -0.05) is 6.92 Å². The zero-order chi connectivity index (χ0) is 11.5. The quantitative estimate of drug-likeness (QED) is 0.722. The average Bonchev–Trinajstić information content (AvgIpc) is 2.99. The normalized spacial score (nSPS) is 17.3. The summed E-state index contributed by atoms with van der Waals surface area (Å²) in [6, 6.07) is -0.598. The summed E-state index contributed by atoms with van der Waals surface area (Å²) in [5.74, 6) is 0.495. The molecule has 1 heterocycles. The highest BCUT2D eigenvalue weighted by molar-refractivity contribution is 5.73. The van der Waals surface area contributed by atoms with E-state index in [0.717, 1.165) is 18.7 Å². The van der Waals surface area contributed by atoms with E-state index in [-0.39, 0.29) is 0 Å². The van der Waals surface area contributed by atoms with E-state index < -0.39 is 12.0 Å². The Labute approximate surface area is 93.7 Å². The molecule has 16 heavy (non-hydrogen) atoms. The van der Waals surface area contributed by atoms with Crippen molar-refractivity contribution < 1.29 is 9.90 Å². The van der Waals surface area contributed by atoms with Crippen LogP contribution in [0.5, 0.6) is 0 Å². The summed E-state index contributed by atoms with van der Waals surface area (Å²) >= 11 is 0. The molecule has 1 aromatic heterocycles. The number of carboxylic acid groups (broad SMARTS) is 1. The van der Waals surface area contributed by atoms with Crippen LogP contribution in [0.1, 0.15) is 31.5 Å². The predicted octanol–water partition coefficient (Wildman–Crippen LogP) is 0.218. The minimum atomic E-state index is -0.856.